The monoisotopic (exact) mass is 341 g/mol. The third-order valence-corrected chi connectivity index (χ3v) is 3.45. The van der Waals surface area contributed by atoms with Crippen LogP contribution >= 0.6 is 23.2 Å². The Hall–Kier alpha value is -1.98. The van der Waals surface area contributed by atoms with Crippen molar-refractivity contribution in [2.24, 2.45) is 0 Å². The number of halogens is 2. The van der Waals surface area contributed by atoms with E-state index in [0.717, 1.165) is 0 Å². The molecule has 0 fully saturated rings. The minimum Gasteiger partial charge on any atom is -0.457 e. The Morgan fingerprint density at radius 2 is 2.00 bits per heavy atom. The van der Waals surface area contributed by atoms with Crippen molar-refractivity contribution in [2.45, 2.75) is 20.0 Å². The zero-order valence-corrected chi connectivity index (χ0v) is 13.4. The normalized spacial score (nSPS) is 11.8. The van der Waals surface area contributed by atoms with Crippen LogP contribution in [0.1, 0.15) is 23.0 Å². The average Bonchev–Trinajstić information content (AvgIpc) is 2.89. The first kappa shape index (κ1) is 16.4. The van der Waals surface area contributed by atoms with Gasteiger partial charge in [0.2, 0.25) is 5.76 Å². The molecule has 0 saturated carbocycles. The molecule has 1 atom stereocenters. The highest BCUT2D eigenvalue weighted by Gasteiger charge is 2.22. The van der Waals surface area contributed by atoms with Crippen LogP contribution in [-0.2, 0) is 9.53 Å². The second-order valence-corrected chi connectivity index (χ2v) is 5.44. The highest BCUT2D eigenvalue weighted by molar-refractivity contribution is 6.35. The van der Waals surface area contributed by atoms with Crippen LogP contribution in [0.3, 0.4) is 0 Å². The fraction of sp³-hybridized carbons (Fsp3) is 0.200. The minimum atomic E-state index is -1.02. The highest BCUT2D eigenvalue weighted by atomic mass is 35.5. The molecule has 7 heteroatoms. The topological polar surface area (TPSA) is 68.5 Å². The second kappa shape index (κ2) is 6.85. The molecule has 5 nitrogen and oxygen atoms in total. The summed E-state index contributed by atoms with van der Waals surface area (Å²) in [7, 11) is 0. The van der Waals surface area contributed by atoms with E-state index in [4.69, 9.17) is 32.4 Å². The molecule has 2 aromatic rings. The van der Waals surface area contributed by atoms with Gasteiger partial charge in [-0.15, -0.1) is 0 Å². The van der Waals surface area contributed by atoms with Crippen LogP contribution in [0.4, 0.5) is 5.69 Å². The molecule has 0 bridgehead atoms. The first-order valence-corrected chi connectivity index (χ1v) is 7.15. The Bertz CT molecular complexity index is 711. The maximum Gasteiger partial charge on any atom is 0.375 e. The van der Waals surface area contributed by atoms with Crippen molar-refractivity contribution in [3.8, 4) is 0 Å². The van der Waals surface area contributed by atoms with Gasteiger partial charge < -0.3 is 14.5 Å². The SMILES string of the molecule is Cc1ccoc1C(=O)OC(C)C(=O)Nc1cc(Cl)ccc1Cl. The van der Waals surface area contributed by atoms with E-state index in [2.05, 4.69) is 5.32 Å². The smallest absolute Gasteiger partial charge is 0.375 e. The fourth-order valence-electron chi connectivity index (χ4n) is 1.68. The number of hydrogen-bond donors (Lipinski definition) is 1. The van der Waals surface area contributed by atoms with Gasteiger partial charge in [-0.1, -0.05) is 23.2 Å². The first-order valence-electron chi connectivity index (χ1n) is 6.39. The van der Waals surface area contributed by atoms with E-state index in [1.54, 1.807) is 25.1 Å². The van der Waals surface area contributed by atoms with Crippen molar-refractivity contribution in [2.75, 3.05) is 5.32 Å². The van der Waals surface area contributed by atoms with Crippen molar-refractivity contribution < 1.29 is 18.7 Å². The number of furan rings is 1. The van der Waals surface area contributed by atoms with Gasteiger partial charge in [-0.05, 0) is 38.1 Å². The summed E-state index contributed by atoms with van der Waals surface area (Å²) in [5.41, 5.74) is 0.978. The molecular formula is C15H13Cl2NO4. The lowest BCUT2D eigenvalue weighted by Gasteiger charge is -2.14. The van der Waals surface area contributed by atoms with Gasteiger partial charge in [-0.25, -0.2) is 4.79 Å². The van der Waals surface area contributed by atoms with Gasteiger partial charge >= 0.3 is 5.97 Å². The zero-order chi connectivity index (χ0) is 16.3. The number of hydrogen-bond acceptors (Lipinski definition) is 4. The fourth-order valence-corrected chi connectivity index (χ4v) is 2.01. The highest BCUT2D eigenvalue weighted by Crippen LogP contribution is 2.25. The molecule has 1 aromatic carbocycles. The standard InChI is InChI=1S/C15H13Cl2NO4/c1-8-5-6-21-13(8)15(20)22-9(2)14(19)18-12-7-10(16)3-4-11(12)17/h3-7,9H,1-2H3,(H,18,19). The molecule has 1 N–H and O–H groups in total. The number of benzene rings is 1. The summed E-state index contributed by atoms with van der Waals surface area (Å²) >= 11 is 11.8. The van der Waals surface area contributed by atoms with E-state index in [9.17, 15) is 9.59 Å². The quantitative estimate of drug-likeness (QED) is 0.850. The molecular weight excluding hydrogens is 329 g/mol. The number of carbonyl (C=O) groups is 2. The number of anilines is 1. The Kier molecular flexibility index (Phi) is 5.11. The van der Waals surface area contributed by atoms with Crippen molar-refractivity contribution in [3.05, 3.63) is 51.9 Å². The zero-order valence-electron chi connectivity index (χ0n) is 11.9. The van der Waals surface area contributed by atoms with Gasteiger partial charge in [0.15, 0.2) is 6.10 Å². The molecule has 1 heterocycles. The van der Waals surface area contributed by atoms with E-state index >= 15 is 0 Å². The molecule has 0 spiro atoms. The summed E-state index contributed by atoms with van der Waals surface area (Å²) in [4.78, 5) is 23.9. The molecule has 1 amide bonds. The van der Waals surface area contributed by atoms with Gasteiger partial charge in [0.1, 0.15) is 0 Å². The first-order chi connectivity index (χ1) is 10.4. The summed E-state index contributed by atoms with van der Waals surface area (Å²) in [6.45, 7) is 3.15. The van der Waals surface area contributed by atoms with Crippen LogP contribution in [0.15, 0.2) is 34.9 Å². The van der Waals surface area contributed by atoms with Crippen LogP contribution in [0.25, 0.3) is 0 Å². The van der Waals surface area contributed by atoms with E-state index in [1.807, 2.05) is 0 Å². The lowest BCUT2D eigenvalue weighted by atomic mass is 10.2. The summed E-state index contributed by atoms with van der Waals surface area (Å²) in [5, 5.41) is 3.31. The summed E-state index contributed by atoms with van der Waals surface area (Å²) in [6, 6.07) is 6.30. The number of nitrogens with one attached hydrogen (secondary N) is 1. The maximum absolute atomic E-state index is 12.0. The molecule has 1 aromatic heterocycles. The van der Waals surface area contributed by atoms with Crippen LogP contribution in [0.5, 0.6) is 0 Å². The Labute approximate surface area is 137 Å². The largest absolute Gasteiger partial charge is 0.457 e. The van der Waals surface area contributed by atoms with Crippen LogP contribution in [0, 0.1) is 6.92 Å². The van der Waals surface area contributed by atoms with Crippen molar-refractivity contribution in [3.63, 3.8) is 0 Å². The molecule has 0 aliphatic rings. The number of aryl methyl sites for hydroxylation is 1. The number of rotatable bonds is 4. The third kappa shape index (κ3) is 3.81. The number of amides is 1. The number of ether oxygens (including phenoxy) is 1. The maximum atomic E-state index is 12.0. The Balaban J connectivity index is 2.02. The predicted molar refractivity (Wildman–Crippen MR) is 83.4 cm³/mol. The summed E-state index contributed by atoms with van der Waals surface area (Å²) in [6.07, 6.45) is 0.356. The number of carbonyl (C=O) groups excluding carboxylic acids is 2. The molecule has 0 aliphatic heterocycles. The number of esters is 1. The molecule has 0 saturated heterocycles. The molecule has 1 unspecified atom stereocenters. The lowest BCUT2D eigenvalue weighted by molar-refractivity contribution is -0.123. The van der Waals surface area contributed by atoms with E-state index < -0.39 is 18.0 Å². The van der Waals surface area contributed by atoms with Gasteiger partial charge in [-0.3, -0.25) is 4.79 Å². The van der Waals surface area contributed by atoms with Gasteiger partial charge in [0, 0.05) is 10.6 Å². The summed E-state index contributed by atoms with van der Waals surface area (Å²) in [5.74, 6) is -1.16. The Morgan fingerprint density at radius 1 is 1.27 bits per heavy atom. The molecule has 22 heavy (non-hydrogen) atoms. The van der Waals surface area contributed by atoms with E-state index in [0.29, 0.717) is 21.3 Å². The molecule has 116 valence electrons. The van der Waals surface area contributed by atoms with Crippen LogP contribution in [-0.4, -0.2) is 18.0 Å². The average molecular weight is 342 g/mol. The predicted octanol–water partition coefficient (Wildman–Crippen LogP) is 4.08. The van der Waals surface area contributed by atoms with E-state index in [1.165, 1.54) is 19.3 Å². The lowest BCUT2D eigenvalue weighted by Crippen LogP contribution is -2.30. The van der Waals surface area contributed by atoms with Crippen LogP contribution in [0.2, 0.25) is 10.0 Å². The van der Waals surface area contributed by atoms with Gasteiger partial charge in [0.25, 0.3) is 5.91 Å². The third-order valence-electron chi connectivity index (χ3n) is 2.89. The molecule has 0 aliphatic carbocycles. The molecule has 2 rings (SSSR count). The summed E-state index contributed by atoms with van der Waals surface area (Å²) < 4.78 is 10.1. The van der Waals surface area contributed by atoms with Gasteiger partial charge in [0.05, 0.1) is 17.0 Å². The Morgan fingerprint density at radius 3 is 2.64 bits per heavy atom. The van der Waals surface area contributed by atoms with Crippen molar-refractivity contribution in [1.82, 2.24) is 0 Å². The van der Waals surface area contributed by atoms with Gasteiger partial charge in [-0.2, -0.15) is 0 Å². The van der Waals surface area contributed by atoms with Crippen molar-refractivity contribution in [1.29, 1.82) is 0 Å². The second-order valence-electron chi connectivity index (χ2n) is 4.59. The van der Waals surface area contributed by atoms with E-state index in [-0.39, 0.29) is 5.76 Å². The molecule has 0 radical (unpaired) electrons. The van der Waals surface area contributed by atoms with Crippen molar-refractivity contribution >= 4 is 40.8 Å². The minimum absolute atomic E-state index is 0.0698. The van der Waals surface area contributed by atoms with Crippen LogP contribution < -0.4 is 5.32 Å².